The van der Waals surface area contributed by atoms with Gasteiger partial charge in [0.2, 0.25) is 0 Å². The monoisotopic (exact) mass is 336 g/mol. The van der Waals surface area contributed by atoms with Gasteiger partial charge in [0, 0.05) is 29.4 Å². The van der Waals surface area contributed by atoms with Gasteiger partial charge in [-0.1, -0.05) is 19.1 Å². The fraction of sp³-hybridized carbons (Fsp3) is 0.350. The molecular weight excluding hydrogens is 312 g/mol. The van der Waals surface area contributed by atoms with Gasteiger partial charge in [0.15, 0.2) is 5.65 Å². The van der Waals surface area contributed by atoms with E-state index in [1.807, 2.05) is 43.3 Å². The number of fused-ring (bicyclic) bond motifs is 1. The molecule has 0 spiro atoms. The highest BCUT2D eigenvalue weighted by molar-refractivity contribution is 5.95. The fourth-order valence-corrected chi connectivity index (χ4v) is 2.83. The largest absolute Gasteiger partial charge is 0.350 e. The Morgan fingerprint density at radius 1 is 1.20 bits per heavy atom. The second-order valence-electron chi connectivity index (χ2n) is 6.61. The molecule has 0 saturated carbocycles. The minimum Gasteiger partial charge on any atom is -0.350 e. The molecule has 3 rings (SSSR count). The molecular formula is C20H24N4O. The van der Waals surface area contributed by atoms with Crippen LogP contribution in [0.2, 0.25) is 0 Å². The van der Waals surface area contributed by atoms with E-state index in [0.29, 0.717) is 5.56 Å². The summed E-state index contributed by atoms with van der Waals surface area (Å²) >= 11 is 0. The highest BCUT2D eigenvalue weighted by atomic mass is 16.1. The normalized spacial score (nSPS) is 12.5. The van der Waals surface area contributed by atoms with E-state index in [1.165, 1.54) is 0 Å². The maximum Gasteiger partial charge on any atom is 0.251 e. The number of rotatable bonds is 5. The van der Waals surface area contributed by atoms with E-state index in [-0.39, 0.29) is 18.0 Å². The van der Waals surface area contributed by atoms with Gasteiger partial charge in [-0.3, -0.25) is 4.79 Å². The summed E-state index contributed by atoms with van der Waals surface area (Å²) in [6.07, 6.45) is 2.68. The van der Waals surface area contributed by atoms with Crippen LogP contribution in [0.15, 0.2) is 42.6 Å². The molecule has 0 saturated heterocycles. The first-order valence-electron chi connectivity index (χ1n) is 8.75. The molecule has 1 N–H and O–H groups in total. The lowest BCUT2D eigenvalue weighted by Crippen LogP contribution is -2.31. The summed E-state index contributed by atoms with van der Waals surface area (Å²) in [6, 6.07) is 11.8. The van der Waals surface area contributed by atoms with Gasteiger partial charge in [0.05, 0.1) is 0 Å². The lowest BCUT2D eigenvalue weighted by Gasteiger charge is -2.14. The summed E-state index contributed by atoms with van der Waals surface area (Å²) in [7, 11) is 0. The second-order valence-corrected chi connectivity index (χ2v) is 6.61. The smallest absolute Gasteiger partial charge is 0.251 e. The van der Waals surface area contributed by atoms with Crippen molar-refractivity contribution in [1.82, 2.24) is 19.9 Å². The van der Waals surface area contributed by atoms with Crippen LogP contribution in [0, 0.1) is 0 Å². The zero-order valence-corrected chi connectivity index (χ0v) is 15.2. The van der Waals surface area contributed by atoms with Crippen LogP contribution in [-0.2, 0) is 0 Å². The number of carbonyl (C=O) groups is 1. The predicted molar refractivity (Wildman–Crippen MR) is 101 cm³/mol. The molecule has 0 radical (unpaired) electrons. The summed E-state index contributed by atoms with van der Waals surface area (Å²) in [5.74, 6) is 0.781. The Bertz CT molecular complexity index is 898. The van der Waals surface area contributed by atoms with E-state index < -0.39 is 0 Å². The SMILES string of the molecule is CC[C@H](C)NC(=O)c1cccc(-c2nc3cccnc3n2C(C)C)c1. The van der Waals surface area contributed by atoms with Gasteiger partial charge in [-0.15, -0.1) is 0 Å². The van der Waals surface area contributed by atoms with Gasteiger partial charge in [-0.05, 0) is 51.5 Å². The van der Waals surface area contributed by atoms with E-state index >= 15 is 0 Å². The van der Waals surface area contributed by atoms with Crippen molar-refractivity contribution in [3.8, 4) is 11.4 Å². The van der Waals surface area contributed by atoms with Crippen molar-refractivity contribution in [2.24, 2.45) is 0 Å². The Morgan fingerprint density at radius 3 is 2.72 bits per heavy atom. The zero-order chi connectivity index (χ0) is 18.0. The Hall–Kier alpha value is -2.69. The van der Waals surface area contributed by atoms with E-state index in [9.17, 15) is 4.79 Å². The van der Waals surface area contributed by atoms with Gasteiger partial charge in [0.25, 0.3) is 5.91 Å². The minimum atomic E-state index is -0.0541. The summed E-state index contributed by atoms with van der Waals surface area (Å²) in [5, 5.41) is 3.01. The topological polar surface area (TPSA) is 59.8 Å². The van der Waals surface area contributed by atoms with Gasteiger partial charge in [0.1, 0.15) is 11.3 Å². The molecule has 0 aliphatic rings. The maximum atomic E-state index is 12.4. The van der Waals surface area contributed by atoms with Gasteiger partial charge < -0.3 is 9.88 Å². The van der Waals surface area contributed by atoms with E-state index in [2.05, 4.69) is 35.6 Å². The third-order valence-electron chi connectivity index (χ3n) is 4.34. The number of carbonyl (C=O) groups excluding carboxylic acids is 1. The van der Waals surface area contributed by atoms with Crippen LogP contribution in [0.4, 0.5) is 0 Å². The Labute approximate surface area is 148 Å². The number of hydrogen-bond donors (Lipinski definition) is 1. The number of nitrogens with zero attached hydrogens (tertiary/aromatic N) is 3. The first-order chi connectivity index (χ1) is 12.0. The molecule has 1 aromatic carbocycles. The summed E-state index contributed by atoms with van der Waals surface area (Å²) < 4.78 is 2.11. The van der Waals surface area contributed by atoms with Crippen LogP contribution < -0.4 is 5.32 Å². The van der Waals surface area contributed by atoms with Crippen molar-refractivity contribution in [3.05, 3.63) is 48.2 Å². The molecule has 0 bridgehead atoms. The van der Waals surface area contributed by atoms with Crippen LogP contribution in [0.5, 0.6) is 0 Å². The molecule has 2 aromatic heterocycles. The number of hydrogen-bond acceptors (Lipinski definition) is 3. The second kappa shape index (κ2) is 7.05. The molecule has 0 fully saturated rings. The number of aromatic nitrogens is 3. The standard InChI is InChI=1S/C20H24N4O/c1-5-14(4)22-20(25)16-9-6-8-15(12-16)18-23-17-10-7-11-21-19(17)24(18)13(2)3/h6-14H,5H2,1-4H3,(H,22,25)/t14-/m0/s1. The van der Waals surface area contributed by atoms with Gasteiger partial charge >= 0.3 is 0 Å². The molecule has 1 atom stereocenters. The Kier molecular flexibility index (Phi) is 4.83. The van der Waals surface area contributed by atoms with Crippen molar-refractivity contribution >= 4 is 17.1 Å². The number of imidazole rings is 1. The quantitative estimate of drug-likeness (QED) is 0.759. The van der Waals surface area contributed by atoms with Crippen molar-refractivity contribution in [3.63, 3.8) is 0 Å². The van der Waals surface area contributed by atoms with Crippen LogP contribution in [-0.4, -0.2) is 26.5 Å². The molecule has 130 valence electrons. The molecule has 3 aromatic rings. The van der Waals surface area contributed by atoms with Crippen molar-refractivity contribution in [1.29, 1.82) is 0 Å². The van der Waals surface area contributed by atoms with Gasteiger partial charge in [-0.2, -0.15) is 0 Å². The van der Waals surface area contributed by atoms with E-state index in [0.717, 1.165) is 29.0 Å². The fourth-order valence-electron chi connectivity index (χ4n) is 2.83. The first kappa shape index (κ1) is 17.1. The lowest BCUT2D eigenvalue weighted by atomic mass is 10.1. The molecule has 0 unspecified atom stereocenters. The average molecular weight is 336 g/mol. The van der Waals surface area contributed by atoms with Crippen molar-refractivity contribution in [2.75, 3.05) is 0 Å². The third-order valence-corrected chi connectivity index (χ3v) is 4.34. The Balaban J connectivity index is 2.06. The number of nitrogens with one attached hydrogen (secondary N) is 1. The van der Waals surface area contributed by atoms with Crippen LogP contribution in [0.25, 0.3) is 22.6 Å². The highest BCUT2D eigenvalue weighted by Gasteiger charge is 2.17. The lowest BCUT2D eigenvalue weighted by molar-refractivity contribution is 0.0939. The van der Waals surface area contributed by atoms with Gasteiger partial charge in [-0.25, -0.2) is 9.97 Å². The van der Waals surface area contributed by atoms with Crippen LogP contribution in [0.1, 0.15) is 50.5 Å². The molecule has 5 heteroatoms. The predicted octanol–water partition coefficient (Wildman–Crippen LogP) is 4.21. The maximum absolute atomic E-state index is 12.4. The molecule has 1 amide bonds. The molecule has 5 nitrogen and oxygen atoms in total. The third kappa shape index (κ3) is 3.40. The number of pyridine rings is 1. The first-order valence-corrected chi connectivity index (χ1v) is 8.75. The van der Waals surface area contributed by atoms with Crippen LogP contribution >= 0.6 is 0 Å². The average Bonchev–Trinajstić information content (AvgIpc) is 3.01. The number of amides is 1. The summed E-state index contributed by atoms with van der Waals surface area (Å²) in [5.41, 5.74) is 3.29. The van der Waals surface area contributed by atoms with Crippen LogP contribution in [0.3, 0.4) is 0 Å². The van der Waals surface area contributed by atoms with Crippen molar-refractivity contribution < 1.29 is 4.79 Å². The Morgan fingerprint density at radius 2 is 2.00 bits per heavy atom. The summed E-state index contributed by atoms with van der Waals surface area (Å²) in [4.78, 5) is 21.7. The molecule has 0 aliphatic heterocycles. The molecule has 25 heavy (non-hydrogen) atoms. The minimum absolute atomic E-state index is 0.0541. The zero-order valence-electron chi connectivity index (χ0n) is 15.2. The number of benzene rings is 1. The molecule has 0 aliphatic carbocycles. The summed E-state index contributed by atoms with van der Waals surface area (Å²) in [6.45, 7) is 8.28. The van der Waals surface area contributed by atoms with Crippen molar-refractivity contribution in [2.45, 2.75) is 46.2 Å². The van der Waals surface area contributed by atoms with E-state index in [1.54, 1.807) is 6.20 Å². The van der Waals surface area contributed by atoms with E-state index in [4.69, 9.17) is 4.98 Å². The highest BCUT2D eigenvalue weighted by Crippen LogP contribution is 2.27. The molecule has 2 heterocycles.